The number of hydrogen-bond donors (Lipinski definition) is 1. The van der Waals surface area contributed by atoms with E-state index in [4.69, 9.17) is 0 Å². The third-order valence-electron chi connectivity index (χ3n) is 3.82. The molecule has 0 aliphatic rings. The van der Waals surface area contributed by atoms with Gasteiger partial charge in [-0.25, -0.2) is 4.98 Å². The van der Waals surface area contributed by atoms with Gasteiger partial charge in [-0.3, -0.25) is 14.2 Å². The predicted molar refractivity (Wildman–Crippen MR) is 100.0 cm³/mol. The first-order valence-corrected chi connectivity index (χ1v) is 8.57. The second-order valence-electron chi connectivity index (χ2n) is 5.59. The van der Waals surface area contributed by atoms with Crippen molar-refractivity contribution in [2.24, 2.45) is 0 Å². The molecule has 0 spiro atoms. The largest absolute Gasteiger partial charge is 0.323 e. The van der Waals surface area contributed by atoms with E-state index in [1.165, 1.54) is 17.0 Å². The Labute approximate surface area is 152 Å². The fraction of sp³-hybridized carbons (Fsp3) is 0.0556. The second-order valence-corrected chi connectivity index (χ2v) is 6.12. The lowest BCUT2D eigenvalue weighted by atomic mass is 10.1. The highest BCUT2D eigenvalue weighted by molar-refractivity contribution is 7.00. The fourth-order valence-electron chi connectivity index (χ4n) is 2.56. The van der Waals surface area contributed by atoms with E-state index in [-0.39, 0.29) is 18.0 Å². The molecule has 26 heavy (non-hydrogen) atoms. The van der Waals surface area contributed by atoms with E-state index in [2.05, 4.69) is 19.0 Å². The van der Waals surface area contributed by atoms with Crippen LogP contribution in [-0.2, 0) is 11.3 Å². The molecule has 0 saturated carbocycles. The van der Waals surface area contributed by atoms with Crippen LogP contribution >= 0.6 is 11.7 Å². The number of nitrogens with one attached hydrogen (secondary N) is 1. The van der Waals surface area contributed by atoms with Gasteiger partial charge >= 0.3 is 0 Å². The summed E-state index contributed by atoms with van der Waals surface area (Å²) >= 11 is 1.08. The summed E-state index contributed by atoms with van der Waals surface area (Å²) in [6, 6.07) is 16.2. The van der Waals surface area contributed by atoms with Gasteiger partial charge in [0.15, 0.2) is 0 Å². The Hall–Kier alpha value is -3.39. The summed E-state index contributed by atoms with van der Waals surface area (Å²) in [5.41, 5.74) is 3.06. The van der Waals surface area contributed by atoms with Crippen LogP contribution in [0.3, 0.4) is 0 Å². The molecule has 7 nitrogen and oxygen atoms in total. The van der Waals surface area contributed by atoms with Gasteiger partial charge in [0, 0.05) is 11.6 Å². The number of benzene rings is 2. The summed E-state index contributed by atoms with van der Waals surface area (Å²) in [4.78, 5) is 28.9. The van der Waals surface area contributed by atoms with Gasteiger partial charge in [0.2, 0.25) is 5.91 Å². The Morgan fingerprint density at radius 3 is 2.73 bits per heavy atom. The zero-order chi connectivity index (χ0) is 17.9. The van der Waals surface area contributed by atoms with Crippen LogP contribution in [0.2, 0.25) is 0 Å². The van der Waals surface area contributed by atoms with Gasteiger partial charge in [-0.15, -0.1) is 0 Å². The monoisotopic (exact) mass is 363 g/mol. The van der Waals surface area contributed by atoms with Crippen molar-refractivity contribution in [3.63, 3.8) is 0 Å². The molecule has 0 bridgehead atoms. The summed E-state index contributed by atoms with van der Waals surface area (Å²) in [5, 5.41) is 2.77. The Morgan fingerprint density at radius 1 is 1.08 bits per heavy atom. The molecule has 2 heterocycles. The molecule has 0 radical (unpaired) electrons. The highest BCUT2D eigenvalue weighted by Crippen LogP contribution is 2.21. The van der Waals surface area contributed by atoms with E-state index in [9.17, 15) is 9.59 Å². The van der Waals surface area contributed by atoms with E-state index in [0.29, 0.717) is 16.9 Å². The van der Waals surface area contributed by atoms with E-state index in [1.54, 1.807) is 12.1 Å². The number of aromatic nitrogens is 4. The molecule has 0 atom stereocenters. The molecule has 1 amide bonds. The van der Waals surface area contributed by atoms with Gasteiger partial charge in [-0.05, 0) is 12.1 Å². The van der Waals surface area contributed by atoms with Crippen molar-refractivity contribution in [2.45, 2.75) is 6.54 Å². The molecule has 2 aromatic carbocycles. The minimum Gasteiger partial charge on any atom is -0.323 e. The molecule has 8 heteroatoms. The highest BCUT2D eigenvalue weighted by Gasteiger charge is 2.10. The van der Waals surface area contributed by atoms with E-state index < -0.39 is 0 Å². The minimum atomic E-state index is -0.332. The number of amides is 1. The third kappa shape index (κ3) is 3.22. The lowest BCUT2D eigenvalue weighted by Gasteiger charge is -2.08. The number of nitrogens with zero attached hydrogens (tertiary/aromatic N) is 4. The second kappa shape index (κ2) is 6.85. The summed E-state index contributed by atoms with van der Waals surface area (Å²) in [6.45, 7) is -0.130. The van der Waals surface area contributed by atoms with Crippen molar-refractivity contribution in [2.75, 3.05) is 5.32 Å². The molecule has 128 valence electrons. The van der Waals surface area contributed by atoms with Gasteiger partial charge < -0.3 is 5.32 Å². The predicted octanol–water partition coefficient (Wildman–Crippen LogP) is 2.55. The Kier molecular flexibility index (Phi) is 4.24. The number of fused-ring (bicyclic) bond motifs is 1. The summed E-state index contributed by atoms with van der Waals surface area (Å²) in [7, 11) is 0. The van der Waals surface area contributed by atoms with Gasteiger partial charge in [-0.2, -0.15) is 8.75 Å². The van der Waals surface area contributed by atoms with Crippen molar-refractivity contribution in [1.82, 2.24) is 18.3 Å². The van der Waals surface area contributed by atoms with Gasteiger partial charge in [0.1, 0.15) is 17.6 Å². The van der Waals surface area contributed by atoms with Crippen LogP contribution in [0.25, 0.3) is 22.3 Å². The molecule has 0 fully saturated rings. The molecular formula is C18H13N5O2S. The van der Waals surface area contributed by atoms with Crippen LogP contribution in [0.4, 0.5) is 5.69 Å². The molecule has 0 aliphatic carbocycles. The lowest BCUT2D eigenvalue weighted by Crippen LogP contribution is -2.27. The normalized spacial score (nSPS) is 10.8. The number of rotatable bonds is 4. The van der Waals surface area contributed by atoms with Crippen LogP contribution < -0.4 is 10.9 Å². The molecule has 0 saturated heterocycles. The van der Waals surface area contributed by atoms with E-state index >= 15 is 0 Å². The molecule has 4 rings (SSSR count). The van der Waals surface area contributed by atoms with Gasteiger partial charge in [-0.1, -0.05) is 36.4 Å². The molecule has 4 aromatic rings. The third-order valence-corrected chi connectivity index (χ3v) is 4.37. The van der Waals surface area contributed by atoms with Crippen LogP contribution in [0, 0.1) is 0 Å². The highest BCUT2D eigenvalue weighted by atomic mass is 32.1. The van der Waals surface area contributed by atoms with Crippen LogP contribution in [-0.4, -0.2) is 24.2 Å². The Morgan fingerprint density at radius 2 is 1.92 bits per heavy atom. The van der Waals surface area contributed by atoms with Gasteiger partial charge in [0.05, 0.1) is 29.4 Å². The molecule has 2 aromatic heterocycles. The average Bonchev–Trinajstić information content (AvgIpc) is 3.14. The van der Waals surface area contributed by atoms with Crippen LogP contribution in [0.15, 0.2) is 65.7 Å². The summed E-state index contributed by atoms with van der Waals surface area (Å²) in [5.74, 6) is -0.332. The molecular weight excluding hydrogens is 350 g/mol. The topological polar surface area (TPSA) is 89.8 Å². The first kappa shape index (κ1) is 16.1. The zero-order valence-corrected chi connectivity index (χ0v) is 14.3. The van der Waals surface area contributed by atoms with Crippen molar-refractivity contribution < 1.29 is 4.79 Å². The summed E-state index contributed by atoms with van der Waals surface area (Å²) in [6.07, 6.45) is 1.38. The average molecular weight is 363 g/mol. The Balaban J connectivity index is 1.53. The molecule has 1 N–H and O–H groups in total. The fourth-order valence-corrected chi connectivity index (χ4v) is 3.11. The molecule has 0 unspecified atom stereocenters. The number of hydrogen-bond acceptors (Lipinski definition) is 6. The maximum atomic E-state index is 12.3. The van der Waals surface area contributed by atoms with Crippen molar-refractivity contribution in [3.8, 4) is 11.3 Å². The van der Waals surface area contributed by atoms with Crippen LogP contribution in [0.1, 0.15) is 0 Å². The number of carbonyl (C=O) groups excluding carboxylic acids is 1. The maximum Gasteiger partial charge on any atom is 0.254 e. The number of anilines is 1. The summed E-state index contributed by atoms with van der Waals surface area (Å²) < 4.78 is 9.58. The van der Waals surface area contributed by atoms with Crippen LogP contribution in [0.5, 0.6) is 0 Å². The van der Waals surface area contributed by atoms with Crippen molar-refractivity contribution in [1.29, 1.82) is 0 Å². The number of carbonyl (C=O) groups is 1. The van der Waals surface area contributed by atoms with Gasteiger partial charge in [0.25, 0.3) is 5.56 Å². The molecule has 0 aliphatic heterocycles. The van der Waals surface area contributed by atoms with E-state index in [1.807, 2.05) is 36.4 Å². The van der Waals surface area contributed by atoms with E-state index in [0.717, 1.165) is 22.8 Å². The first-order chi connectivity index (χ1) is 12.7. The standard InChI is InChI=1S/C18H13N5O2S/c24-16(20-13-7-4-8-14-18(13)22-26-21-14)10-23-11-19-15(9-17(23)25)12-5-2-1-3-6-12/h1-9,11H,10H2,(H,20,24). The van der Waals surface area contributed by atoms with Crippen molar-refractivity contribution in [3.05, 3.63) is 71.3 Å². The zero-order valence-electron chi connectivity index (χ0n) is 13.5. The quantitative estimate of drug-likeness (QED) is 0.602. The maximum absolute atomic E-state index is 12.3. The van der Waals surface area contributed by atoms with Crippen molar-refractivity contribution >= 4 is 34.4 Å². The smallest absolute Gasteiger partial charge is 0.254 e. The minimum absolute atomic E-state index is 0.130. The first-order valence-electron chi connectivity index (χ1n) is 7.84. The lowest BCUT2D eigenvalue weighted by molar-refractivity contribution is -0.116. The SMILES string of the molecule is O=C(Cn1cnc(-c2ccccc2)cc1=O)Nc1cccc2nsnc12. The Bertz CT molecular complexity index is 1140.